The van der Waals surface area contributed by atoms with Crippen LogP contribution in [0.3, 0.4) is 0 Å². The van der Waals surface area contributed by atoms with E-state index in [4.69, 9.17) is 16.3 Å². The van der Waals surface area contributed by atoms with Crippen LogP contribution < -0.4 is 10.1 Å². The Morgan fingerprint density at radius 1 is 1.53 bits per heavy atom. The fourth-order valence-electron chi connectivity index (χ4n) is 1.89. The molecule has 0 bridgehead atoms. The number of hydrogen-bond donors (Lipinski definition) is 1. The lowest BCUT2D eigenvalue weighted by molar-refractivity contribution is 0.268. The smallest absolute Gasteiger partial charge is 0.142 e. The Labute approximate surface area is 95.6 Å². The molecule has 1 aromatic rings. The van der Waals surface area contributed by atoms with Crippen molar-refractivity contribution in [3.63, 3.8) is 0 Å². The zero-order valence-corrected chi connectivity index (χ0v) is 9.84. The third kappa shape index (κ3) is 2.57. The molecule has 0 amide bonds. The van der Waals surface area contributed by atoms with Gasteiger partial charge in [-0.15, -0.1) is 0 Å². The normalized spacial score (nSPS) is 19.3. The van der Waals surface area contributed by atoms with Gasteiger partial charge in [-0.3, -0.25) is 0 Å². The molecule has 1 unspecified atom stereocenters. The third-order valence-corrected chi connectivity index (χ3v) is 2.73. The molecule has 82 valence electrons. The second-order valence-electron chi connectivity index (χ2n) is 4.42. The molecule has 0 spiro atoms. The number of rotatable bonds is 2. The summed E-state index contributed by atoms with van der Waals surface area (Å²) in [6.45, 7) is 5.18. The highest BCUT2D eigenvalue weighted by Crippen LogP contribution is 2.32. The van der Waals surface area contributed by atoms with E-state index in [1.165, 1.54) is 0 Å². The summed E-state index contributed by atoms with van der Waals surface area (Å²) in [5.74, 6) is 1.58. The summed E-state index contributed by atoms with van der Waals surface area (Å²) in [6.07, 6.45) is 1.12. The van der Waals surface area contributed by atoms with Crippen LogP contribution in [-0.2, 0) is 0 Å². The standard InChI is InChI=1S/C12H16ClNO/c1-8(2)5-10-7-15-12-4-3-9(13)6-11(12)14-10/h3-4,6,8,10,14H,5,7H2,1-2H3. The summed E-state index contributed by atoms with van der Waals surface area (Å²) in [5.41, 5.74) is 1.01. The van der Waals surface area contributed by atoms with Crippen molar-refractivity contribution in [3.05, 3.63) is 23.2 Å². The van der Waals surface area contributed by atoms with Crippen LogP contribution in [0.4, 0.5) is 5.69 Å². The van der Waals surface area contributed by atoms with Crippen molar-refractivity contribution in [2.24, 2.45) is 5.92 Å². The molecule has 0 aliphatic carbocycles. The third-order valence-electron chi connectivity index (χ3n) is 2.50. The van der Waals surface area contributed by atoms with E-state index in [1.54, 1.807) is 0 Å². The molecule has 1 N–H and O–H groups in total. The van der Waals surface area contributed by atoms with Crippen molar-refractivity contribution in [2.75, 3.05) is 11.9 Å². The number of ether oxygens (including phenoxy) is 1. The second kappa shape index (κ2) is 4.31. The Balaban J connectivity index is 2.11. The minimum atomic E-state index is 0.399. The lowest BCUT2D eigenvalue weighted by atomic mass is 10.0. The minimum absolute atomic E-state index is 0.399. The molecule has 0 fully saturated rings. The van der Waals surface area contributed by atoms with Gasteiger partial charge in [0.15, 0.2) is 0 Å². The maximum Gasteiger partial charge on any atom is 0.142 e. The van der Waals surface area contributed by atoms with E-state index >= 15 is 0 Å². The number of hydrogen-bond acceptors (Lipinski definition) is 2. The van der Waals surface area contributed by atoms with Gasteiger partial charge < -0.3 is 10.1 Å². The quantitative estimate of drug-likeness (QED) is 0.831. The molecular weight excluding hydrogens is 210 g/mol. The Morgan fingerprint density at radius 3 is 3.07 bits per heavy atom. The maximum atomic E-state index is 5.93. The van der Waals surface area contributed by atoms with E-state index in [0.29, 0.717) is 12.0 Å². The highest BCUT2D eigenvalue weighted by atomic mass is 35.5. The molecule has 2 rings (SSSR count). The minimum Gasteiger partial charge on any atom is -0.489 e. The summed E-state index contributed by atoms with van der Waals surface area (Å²) in [5, 5.41) is 4.21. The molecule has 3 heteroatoms. The molecule has 1 aliphatic heterocycles. The van der Waals surface area contributed by atoms with Gasteiger partial charge in [-0.1, -0.05) is 25.4 Å². The highest BCUT2D eigenvalue weighted by Gasteiger charge is 2.19. The molecular formula is C12H16ClNO. The van der Waals surface area contributed by atoms with E-state index in [-0.39, 0.29) is 0 Å². The van der Waals surface area contributed by atoms with Crippen LogP contribution >= 0.6 is 11.6 Å². The van der Waals surface area contributed by atoms with Gasteiger partial charge in [0, 0.05) is 5.02 Å². The van der Waals surface area contributed by atoms with Crippen molar-refractivity contribution >= 4 is 17.3 Å². The summed E-state index contributed by atoms with van der Waals surface area (Å²) < 4.78 is 5.67. The van der Waals surface area contributed by atoms with Gasteiger partial charge in [-0.2, -0.15) is 0 Å². The van der Waals surface area contributed by atoms with E-state index < -0.39 is 0 Å². The number of benzene rings is 1. The average Bonchev–Trinajstić information content (AvgIpc) is 2.16. The zero-order chi connectivity index (χ0) is 10.8. The number of fused-ring (bicyclic) bond motifs is 1. The lowest BCUT2D eigenvalue weighted by Gasteiger charge is -2.28. The molecule has 1 aromatic carbocycles. The summed E-state index contributed by atoms with van der Waals surface area (Å²) >= 11 is 5.93. The van der Waals surface area contributed by atoms with Crippen molar-refractivity contribution < 1.29 is 4.74 Å². The summed E-state index contributed by atoms with van der Waals surface area (Å²) in [4.78, 5) is 0. The van der Waals surface area contributed by atoms with Crippen LogP contribution in [0.2, 0.25) is 5.02 Å². The predicted molar refractivity (Wildman–Crippen MR) is 63.8 cm³/mol. The Kier molecular flexibility index (Phi) is 3.06. The topological polar surface area (TPSA) is 21.3 Å². The van der Waals surface area contributed by atoms with Crippen molar-refractivity contribution in [1.82, 2.24) is 0 Å². The van der Waals surface area contributed by atoms with Crippen LogP contribution in [0.1, 0.15) is 20.3 Å². The van der Waals surface area contributed by atoms with E-state index in [9.17, 15) is 0 Å². The molecule has 1 heterocycles. The highest BCUT2D eigenvalue weighted by molar-refractivity contribution is 6.30. The molecule has 0 radical (unpaired) electrons. The first kappa shape index (κ1) is 10.6. The lowest BCUT2D eigenvalue weighted by Crippen LogP contribution is -2.32. The van der Waals surface area contributed by atoms with Gasteiger partial charge in [0.2, 0.25) is 0 Å². The molecule has 0 saturated heterocycles. The summed E-state index contributed by atoms with van der Waals surface area (Å²) in [7, 11) is 0. The largest absolute Gasteiger partial charge is 0.489 e. The monoisotopic (exact) mass is 225 g/mol. The van der Waals surface area contributed by atoms with Crippen molar-refractivity contribution in [2.45, 2.75) is 26.3 Å². The Hall–Kier alpha value is -0.890. The fraction of sp³-hybridized carbons (Fsp3) is 0.500. The van der Waals surface area contributed by atoms with Crippen LogP contribution in [0.5, 0.6) is 5.75 Å². The van der Waals surface area contributed by atoms with E-state index in [2.05, 4.69) is 19.2 Å². The maximum absolute atomic E-state index is 5.93. The molecule has 0 saturated carbocycles. The van der Waals surface area contributed by atoms with Gasteiger partial charge >= 0.3 is 0 Å². The fourth-order valence-corrected chi connectivity index (χ4v) is 2.06. The Morgan fingerprint density at radius 2 is 2.33 bits per heavy atom. The van der Waals surface area contributed by atoms with Gasteiger partial charge in [0.25, 0.3) is 0 Å². The first-order chi connectivity index (χ1) is 7.15. The van der Waals surface area contributed by atoms with Gasteiger partial charge in [-0.25, -0.2) is 0 Å². The second-order valence-corrected chi connectivity index (χ2v) is 4.86. The van der Waals surface area contributed by atoms with Gasteiger partial charge in [0.1, 0.15) is 12.4 Å². The molecule has 1 atom stereocenters. The van der Waals surface area contributed by atoms with Gasteiger partial charge in [-0.05, 0) is 30.5 Å². The molecule has 2 nitrogen and oxygen atoms in total. The van der Waals surface area contributed by atoms with E-state index in [0.717, 1.165) is 29.5 Å². The number of nitrogens with one attached hydrogen (secondary N) is 1. The SMILES string of the molecule is CC(C)CC1COc2ccc(Cl)cc2N1. The zero-order valence-electron chi connectivity index (χ0n) is 9.09. The first-order valence-electron chi connectivity index (χ1n) is 5.34. The molecule has 0 aromatic heterocycles. The molecule has 1 aliphatic rings. The van der Waals surface area contributed by atoms with Crippen molar-refractivity contribution in [3.8, 4) is 5.75 Å². The van der Waals surface area contributed by atoms with Gasteiger partial charge in [0.05, 0.1) is 11.7 Å². The number of halogens is 1. The van der Waals surface area contributed by atoms with Crippen molar-refractivity contribution in [1.29, 1.82) is 0 Å². The average molecular weight is 226 g/mol. The van der Waals surface area contributed by atoms with E-state index in [1.807, 2.05) is 18.2 Å². The van der Waals surface area contributed by atoms with Crippen LogP contribution in [0.15, 0.2) is 18.2 Å². The first-order valence-corrected chi connectivity index (χ1v) is 5.72. The van der Waals surface area contributed by atoms with Crippen LogP contribution in [-0.4, -0.2) is 12.6 Å². The van der Waals surface area contributed by atoms with Crippen LogP contribution in [0, 0.1) is 5.92 Å². The summed E-state index contributed by atoms with van der Waals surface area (Å²) in [6, 6.07) is 6.08. The molecule has 15 heavy (non-hydrogen) atoms. The number of anilines is 1. The Bertz CT molecular complexity index is 351. The predicted octanol–water partition coefficient (Wildman–Crippen LogP) is 3.56. The van der Waals surface area contributed by atoms with Crippen LogP contribution in [0.25, 0.3) is 0 Å².